The summed E-state index contributed by atoms with van der Waals surface area (Å²) in [6.07, 6.45) is 46.4. The van der Waals surface area contributed by atoms with Crippen LogP contribution in [0.1, 0.15) is 175 Å². The van der Waals surface area contributed by atoms with Gasteiger partial charge in [0.25, 0.3) is 0 Å². The van der Waals surface area contributed by atoms with Crippen molar-refractivity contribution >= 4 is 101 Å². The second-order valence-corrected chi connectivity index (χ2v) is 17.6. The monoisotopic (exact) mass is 1340 g/mol. The van der Waals surface area contributed by atoms with Crippen LogP contribution in [0.4, 0.5) is 51.6 Å². The summed E-state index contributed by atoms with van der Waals surface area (Å²) in [5.74, 6) is 2.49. The minimum atomic E-state index is 0.760. The first-order chi connectivity index (χ1) is 49.2. The summed E-state index contributed by atoms with van der Waals surface area (Å²) in [5, 5.41) is 15.2. The SMILES string of the molecule is C1=Nc2cccnc2C1.C1=Nc2ccncc2C1.C1=Nc2cnccc2C1.C1=Nc2cncnc2C1.C1=Nc2cnncc2C1.C1=Nc2ncccc2C1.C1=Nc2nccnc2C1.C1=Nc2ncncc2C1.CC.CC.CC.CC.CC.CC.CC.CC.CC.c1ccc2c(c1)CN=N2. The van der Waals surface area contributed by atoms with Gasteiger partial charge in [0.2, 0.25) is 0 Å². The lowest BCUT2D eigenvalue weighted by Gasteiger charge is -1.90. The number of hydrogen-bond acceptors (Lipinski definition) is 22. The molecule has 8 aromatic heterocycles. The molecule has 522 valence electrons. The van der Waals surface area contributed by atoms with Gasteiger partial charge in [-0.15, -0.1) is 0 Å². The average molecular weight is 1340 g/mol. The van der Waals surface area contributed by atoms with Crippen LogP contribution >= 0.6 is 0 Å². The fraction of sp³-hybridized carbons (Fsp3) is 0.351. The molecule has 0 saturated carbocycles. The van der Waals surface area contributed by atoms with Crippen LogP contribution in [0.2, 0.25) is 0 Å². The standard InChI is InChI=1S/5C7H6N2.4C6H5N3.9C2H6/c1-4-9-7-2-3-8-5-6(1)7;1-3-8-5-7-6(1)2-4-9-7;1-2-6-7(8-4-1)3-5-9-6;1-2-6-3-5-9-7(6)8-4-1;1-2-4-7-6(3-1)5-8-9-7;1-2-8-6-3-7-4-9-5(1)6;1-2-8-6-5(1)3-7-4-9-6;1-2-7-6-4-9-8-3-5(1)6;1-2-8-6-5(1)7-3-4-9-6;9*1-2/h2-5H,1H2;1,3-5H,2H2;2*1-2,4-5H,3H2;1-4H,5H2;4*2-4H,1H2;9*1-2H3. The van der Waals surface area contributed by atoms with E-state index in [0.717, 1.165) is 132 Å². The normalized spacial score (nSPS) is 11.8. The Hall–Kier alpha value is -10.9. The number of aromatic nitrogens is 12. The Bertz CT molecular complexity index is 3080. The molecule has 0 radical (unpaired) electrons. The molecule has 0 amide bonds. The summed E-state index contributed by atoms with van der Waals surface area (Å²) in [5.41, 5.74) is 16.4. The number of benzene rings is 1. The van der Waals surface area contributed by atoms with Gasteiger partial charge in [-0.25, -0.2) is 44.9 Å². The maximum atomic E-state index is 4.13. The molecule has 0 unspecified atom stereocenters. The van der Waals surface area contributed by atoms with Crippen molar-refractivity contribution in [3.05, 3.63) is 198 Å². The molecule has 9 aliphatic rings. The smallest absolute Gasteiger partial charge is 0.173 e. The molecule has 17 heterocycles. The lowest BCUT2D eigenvalue weighted by molar-refractivity contribution is 1.01. The van der Waals surface area contributed by atoms with Crippen LogP contribution < -0.4 is 0 Å². The number of aliphatic imine (C=N–C) groups is 8. The van der Waals surface area contributed by atoms with Gasteiger partial charge in [0.1, 0.15) is 18.3 Å². The van der Waals surface area contributed by atoms with Crippen LogP contribution in [0.25, 0.3) is 0 Å². The third-order valence-electron chi connectivity index (χ3n) is 12.2. The largest absolute Gasteiger partial charge is 0.264 e. The number of nitrogens with zero attached hydrogens (tertiary/aromatic N) is 22. The van der Waals surface area contributed by atoms with Gasteiger partial charge in [-0.2, -0.15) is 20.4 Å². The Morgan fingerprint density at radius 1 is 0.242 bits per heavy atom. The number of pyridine rings is 4. The van der Waals surface area contributed by atoms with Gasteiger partial charge in [0.15, 0.2) is 17.5 Å². The van der Waals surface area contributed by atoms with E-state index in [9.17, 15) is 0 Å². The number of fused-ring (bicyclic) bond motifs is 9. The zero-order valence-electron chi connectivity index (χ0n) is 61.7. The van der Waals surface area contributed by atoms with Crippen LogP contribution in [0, 0.1) is 0 Å². The maximum Gasteiger partial charge on any atom is 0.173 e. The van der Waals surface area contributed by atoms with E-state index in [2.05, 4.69) is 122 Å². The predicted octanol–water partition coefficient (Wildman–Crippen LogP) is 19.8. The highest BCUT2D eigenvalue weighted by molar-refractivity contribution is 5.78. The predicted molar refractivity (Wildman–Crippen MR) is 417 cm³/mol. The minimum absolute atomic E-state index is 0.760. The molecule has 22 heteroatoms. The molecular weight excluding hydrogens is 1230 g/mol. The molecule has 22 nitrogen and oxygen atoms in total. The molecule has 0 N–H and O–H groups in total. The van der Waals surface area contributed by atoms with Gasteiger partial charge >= 0.3 is 0 Å². The summed E-state index contributed by atoms with van der Waals surface area (Å²) >= 11 is 0. The van der Waals surface area contributed by atoms with Gasteiger partial charge in [-0.3, -0.25) is 44.9 Å². The highest BCUT2D eigenvalue weighted by Gasteiger charge is 2.10. The van der Waals surface area contributed by atoms with E-state index in [0.29, 0.717) is 0 Å². The quantitative estimate of drug-likeness (QED) is 0.137. The lowest BCUT2D eigenvalue weighted by atomic mass is 10.2. The van der Waals surface area contributed by atoms with Crippen molar-refractivity contribution in [2.24, 2.45) is 50.2 Å². The molecule has 99 heavy (non-hydrogen) atoms. The summed E-state index contributed by atoms with van der Waals surface area (Å²) in [7, 11) is 0. The van der Waals surface area contributed by atoms with Crippen molar-refractivity contribution in [1.82, 2.24) is 60.0 Å². The van der Waals surface area contributed by atoms with Crippen molar-refractivity contribution in [1.29, 1.82) is 0 Å². The Balaban J connectivity index is 0.000000541. The molecule has 9 aliphatic heterocycles. The van der Waals surface area contributed by atoms with Crippen molar-refractivity contribution in [2.45, 2.75) is 183 Å². The van der Waals surface area contributed by atoms with E-state index >= 15 is 0 Å². The highest BCUT2D eigenvalue weighted by Crippen LogP contribution is 2.27. The summed E-state index contributed by atoms with van der Waals surface area (Å²) in [4.78, 5) is 72.4. The highest BCUT2D eigenvalue weighted by atomic mass is 15.1. The molecule has 0 saturated heterocycles. The van der Waals surface area contributed by atoms with E-state index in [1.54, 1.807) is 74.5 Å². The zero-order chi connectivity index (χ0) is 72.9. The van der Waals surface area contributed by atoms with Gasteiger partial charge in [-0.1, -0.05) is 149 Å². The molecule has 0 fully saturated rings. The Labute approximate surface area is 589 Å². The van der Waals surface area contributed by atoms with Gasteiger partial charge < -0.3 is 0 Å². The van der Waals surface area contributed by atoms with E-state index < -0.39 is 0 Å². The molecule has 1 aromatic carbocycles. The van der Waals surface area contributed by atoms with Gasteiger partial charge in [0.05, 0.1) is 76.9 Å². The first-order valence-electron chi connectivity index (χ1n) is 34.8. The van der Waals surface area contributed by atoms with Crippen LogP contribution in [-0.4, -0.2) is 110 Å². The maximum absolute atomic E-state index is 4.13. The van der Waals surface area contributed by atoms with Crippen molar-refractivity contribution in [2.75, 3.05) is 0 Å². The first-order valence-corrected chi connectivity index (χ1v) is 34.8. The van der Waals surface area contributed by atoms with Crippen LogP contribution in [0.5, 0.6) is 0 Å². The summed E-state index contributed by atoms with van der Waals surface area (Å²) in [6, 6.07) is 19.8. The molecule has 0 spiro atoms. The minimum Gasteiger partial charge on any atom is -0.264 e. The Morgan fingerprint density at radius 3 is 1.32 bits per heavy atom. The average Bonchev–Trinajstić information content (AvgIpc) is 2.87. The number of hydrogen-bond donors (Lipinski definition) is 0. The Kier molecular flexibility index (Phi) is 49.9. The fourth-order valence-electron chi connectivity index (χ4n) is 8.06. The third-order valence-corrected chi connectivity index (χ3v) is 12.2. The van der Waals surface area contributed by atoms with Crippen LogP contribution in [0.3, 0.4) is 0 Å². The van der Waals surface area contributed by atoms with E-state index in [-0.39, 0.29) is 0 Å². The third kappa shape index (κ3) is 31.2. The second-order valence-electron chi connectivity index (χ2n) is 17.6. The van der Waals surface area contributed by atoms with Crippen LogP contribution in [-0.2, 0) is 57.9 Å². The van der Waals surface area contributed by atoms with Crippen molar-refractivity contribution in [3.8, 4) is 0 Å². The summed E-state index contributed by atoms with van der Waals surface area (Å²) in [6.45, 7) is 36.8. The molecular formula is C77H104N22. The van der Waals surface area contributed by atoms with E-state index in [1.807, 2.05) is 229 Å². The lowest BCUT2D eigenvalue weighted by Crippen LogP contribution is -1.84. The first kappa shape index (κ1) is 86.1. The molecule has 0 atom stereocenters. The second kappa shape index (κ2) is 57.4. The molecule has 9 aromatic rings. The fourth-order valence-corrected chi connectivity index (χ4v) is 8.06. The molecule has 18 rings (SSSR count). The topological polar surface area (TPSA) is 278 Å². The molecule has 0 aliphatic carbocycles. The zero-order valence-corrected chi connectivity index (χ0v) is 61.7. The van der Waals surface area contributed by atoms with E-state index in [1.165, 1.54) is 34.1 Å². The summed E-state index contributed by atoms with van der Waals surface area (Å²) < 4.78 is 0. The van der Waals surface area contributed by atoms with Gasteiger partial charge in [-0.05, 0) is 42.0 Å². The van der Waals surface area contributed by atoms with Gasteiger partial charge in [0, 0.05) is 178 Å². The van der Waals surface area contributed by atoms with Crippen LogP contribution in [0.15, 0.2) is 198 Å². The van der Waals surface area contributed by atoms with E-state index in [4.69, 9.17) is 0 Å². The van der Waals surface area contributed by atoms with Crippen molar-refractivity contribution in [3.63, 3.8) is 0 Å². The molecule has 0 bridgehead atoms. The Morgan fingerprint density at radius 2 is 0.677 bits per heavy atom. The number of rotatable bonds is 0. The number of azo groups is 1. The van der Waals surface area contributed by atoms with Crippen molar-refractivity contribution < 1.29 is 0 Å².